The summed E-state index contributed by atoms with van der Waals surface area (Å²) in [6.45, 7) is 4.72. The lowest BCUT2D eigenvalue weighted by molar-refractivity contribution is 0.708. The molecule has 0 spiro atoms. The summed E-state index contributed by atoms with van der Waals surface area (Å²) in [5.41, 5.74) is 2.09. The third kappa shape index (κ3) is 3.96. The van der Waals surface area contributed by atoms with Crippen LogP contribution < -0.4 is 5.32 Å². The Hall–Kier alpha value is -1.03. The Labute approximate surface area is 123 Å². The lowest BCUT2D eigenvalue weighted by Gasteiger charge is -2.06. The van der Waals surface area contributed by atoms with Gasteiger partial charge >= 0.3 is 0 Å². The number of nitrogens with one attached hydrogen (secondary N) is 1. The van der Waals surface area contributed by atoms with Gasteiger partial charge in [-0.25, -0.2) is 4.98 Å². The van der Waals surface area contributed by atoms with Crippen LogP contribution in [0.2, 0.25) is 10.0 Å². The maximum Gasteiger partial charge on any atom is 0.0952 e. The molecule has 0 saturated carbocycles. The van der Waals surface area contributed by atoms with E-state index in [1.54, 1.807) is 6.07 Å². The first-order valence-corrected chi connectivity index (χ1v) is 7.10. The second-order valence-electron chi connectivity index (χ2n) is 4.35. The van der Waals surface area contributed by atoms with Crippen LogP contribution in [-0.2, 0) is 13.0 Å². The zero-order valence-electron chi connectivity index (χ0n) is 10.9. The van der Waals surface area contributed by atoms with Crippen molar-refractivity contribution in [3.05, 3.63) is 52.0 Å². The fourth-order valence-electron chi connectivity index (χ4n) is 1.88. The first-order valence-electron chi connectivity index (χ1n) is 6.35. The monoisotopic (exact) mass is 297 g/mol. The summed E-state index contributed by atoms with van der Waals surface area (Å²) in [5, 5.41) is 4.49. The third-order valence-electron chi connectivity index (χ3n) is 2.88. The van der Waals surface area contributed by atoms with Crippen LogP contribution in [0.15, 0.2) is 30.7 Å². The number of benzene rings is 1. The molecule has 1 aromatic carbocycles. The van der Waals surface area contributed by atoms with E-state index in [-0.39, 0.29) is 0 Å². The Morgan fingerprint density at radius 3 is 2.95 bits per heavy atom. The van der Waals surface area contributed by atoms with Gasteiger partial charge in [-0.05, 0) is 18.2 Å². The normalized spacial score (nSPS) is 10.9. The van der Waals surface area contributed by atoms with E-state index in [2.05, 4.69) is 23.4 Å². The summed E-state index contributed by atoms with van der Waals surface area (Å²) in [7, 11) is 0. The Bertz CT molecular complexity index is 537. The van der Waals surface area contributed by atoms with E-state index in [0.717, 1.165) is 30.8 Å². The minimum Gasteiger partial charge on any atom is -0.333 e. The second-order valence-corrected chi connectivity index (χ2v) is 5.14. The van der Waals surface area contributed by atoms with Gasteiger partial charge in [0.1, 0.15) is 0 Å². The number of aromatic nitrogens is 2. The van der Waals surface area contributed by atoms with Crippen LogP contribution in [0.3, 0.4) is 0 Å². The lowest BCUT2D eigenvalue weighted by atomic mass is 10.2. The van der Waals surface area contributed by atoms with Crippen molar-refractivity contribution in [3.63, 3.8) is 0 Å². The van der Waals surface area contributed by atoms with Crippen molar-refractivity contribution in [2.75, 3.05) is 13.1 Å². The number of hydrogen-bond donors (Lipinski definition) is 1. The molecular formula is C14H17Cl2N3. The summed E-state index contributed by atoms with van der Waals surface area (Å²) in [6.07, 6.45) is 4.82. The quantitative estimate of drug-likeness (QED) is 0.828. The Kier molecular flexibility index (Phi) is 5.25. The Balaban J connectivity index is 2.01. The molecule has 3 nitrogen and oxygen atoms in total. The fraction of sp³-hybridized carbons (Fsp3) is 0.357. The molecular weight excluding hydrogens is 281 g/mol. The number of hydrogen-bond acceptors (Lipinski definition) is 2. The van der Waals surface area contributed by atoms with Crippen LogP contribution in [0.1, 0.15) is 18.2 Å². The van der Waals surface area contributed by atoms with Crippen LogP contribution in [0.25, 0.3) is 0 Å². The maximum absolute atomic E-state index is 6.18. The van der Waals surface area contributed by atoms with Gasteiger partial charge < -0.3 is 9.88 Å². The molecule has 0 saturated heterocycles. The van der Waals surface area contributed by atoms with Crippen molar-refractivity contribution in [2.24, 2.45) is 0 Å². The van der Waals surface area contributed by atoms with Gasteiger partial charge in [0.15, 0.2) is 0 Å². The van der Waals surface area contributed by atoms with Gasteiger partial charge in [-0.2, -0.15) is 0 Å². The SMILES string of the molecule is CCNCCc1cn(Cc2cccc(Cl)c2Cl)cn1. The minimum absolute atomic E-state index is 0.589. The zero-order chi connectivity index (χ0) is 13.7. The summed E-state index contributed by atoms with van der Waals surface area (Å²) in [4.78, 5) is 4.38. The van der Waals surface area contributed by atoms with Gasteiger partial charge in [0.25, 0.3) is 0 Å². The highest BCUT2D eigenvalue weighted by molar-refractivity contribution is 6.42. The largest absolute Gasteiger partial charge is 0.333 e. The number of nitrogens with zero attached hydrogens (tertiary/aromatic N) is 2. The highest BCUT2D eigenvalue weighted by Crippen LogP contribution is 2.26. The van der Waals surface area contributed by atoms with Gasteiger partial charge in [-0.15, -0.1) is 0 Å². The molecule has 1 N–H and O–H groups in total. The van der Waals surface area contributed by atoms with E-state index < -0.39 is 0 Å². The van der Waals surface area contributed by atoms with Crippen molar-refractivity contribution in [3.8, 4) is 0 Å². The summed E-state index contributed by atoms with van der Waals surface area (Å²) in [5.74, 6) is 0. The third-order valence-corrected chi connectivity index (χ3v) is 3.74. The summed E-state index contributed by atoms with van der Waals surface area (Å²) in [6, 6.07) is 5.68. The molecule has 0 bridgehead atoms. The average molecular weight is 298 g/mol. The molecule has 2 rings (SSSR count). The minimum atomic E-state index is 0.589. The van der Waals surface area contributed by atoms with Gasteiger partial charge in [-0.3, -0.25) is 0 Å². The maximum atomic E-state index is 6.18. The molecule has 0 amide bonds. The van der Waals surface area contributed by atoms with Crippen molar-refractivity contribution < 1.29 is 0 Å². The predicted octanol–water partition coefficient (Wildman–Crippen LogP) is 3.39. The van der Waals surface area contributed by atoms with Crippen molar-refractivity contribution >= 4 is 23.2 Å². The van der Waals surface area contributed by atoms with Crippen LogP contribution in [-0.4, -0.2) is 22.6 Å². The van der Waals surface area contributed by atoms with E-state index in [9.17, 15) is 0 Å². The molecule has 1 heterocycles. The van der Waals surface area contributed by atoms with Crippen LogP contribution in [0.5, 0.6) is 0 Å². The standard InChI is InChI=1S/C14H17Cl2N3/c1-2-17-7-6-12-9-19(10-18-12)8-11-4-3-5-13(15)14(11)16/h3-5,9-10,17H,2,6-8H2,1H3. The number of imidazole rings is 1. The number of rotatable bonds is 6. The molecule has 19 heavy (non-hydrogen) atoms. The van der Waals surface area contributed by atoms with Crippen molar-refractivity contribution in [1.82, 2.24) is 14.9 Å². The molecule has 0 aliphatic carbocycles. The molecule has 0 fully saturated rings. The molecule has 0 aliphatic heterocycles. The number of halogens is 2. The van der Waals surface area contributed by atoms with E-state index in [0.29, 0.717) is 16.6 Å². The molecule has 5 heteroatoms. The van der Waals surface area contributed by atoms with E-state index in [1.807, 2.05) is 23.0 Å². The zero-order valence-corrected chi connectivity index (χ0v) is 12.4. The van der Waals surface area contributed by atoms with Crippen LogP contribution in [0.4, 0.5) is 0 Å². The summed E-state index contributed by atoms with van der Waals surface area (Å²) < 4.78 is 2.03. The first-order chi connectivity index (χ1) is 9.20. The van der Waals surface area contributed by atoms with E-state index in [4.69, 9.17) is 23.2 Å². The van der Waals surface area contributed by atoms with E-state index >= 15 is 0 Å². The topological polar surface area (TPSA) is 29.9 Å². The van der Waals surface area contributed by atoms with Crippen molar-refractivity contribution in [2.45, 2.75) is 19.9 Å². The molecule has 0 radical (unpaired) electrons. The van der Waals surface area contributed by atoms with Crippen LogP contribution in [0, 0.1) is 0 Å². The molecule has 0 atom stereocenters. The van der Waals surface area contributed by atoms with Gasteiger partial charge in [-0.1, -0.05) is 42.3 Å². The predicted molar refractivity (Wildman–Crippen MR) is 80.0 cm³/mol. The highest BCUT2D eigenvalue weighted by atomic mass is 35.5. The molecule has 0 unspecified atom stereocenters. The first kappa shape index (κ1) is 14.4. The number of likely N-dealkylation sites (N-methyl/N-ethyl adjacent to an activating group) is 1. The molecule has 102 valence electrons. The Morgan fingerprint density at radius 2 is 2.16 bits per heavy atom. The molecule has 1 aromatic heterocycles. The highest BCUT2D eigenvalue weighted by Gasteiger charge is 2.05. The Morgan fingerprint density at radius 1 is 1.32 bits per heavy atom. The van der Waals surface area contributed by atoms with Gasteiger partial charge in [0.2, 0.25) is 0 Å². The van der Waals surface area contributed by atoms with Gasteiger partial charge in [0, 0.05) is 19.2 Å². The second kappa shape index (κ2) is 6.94. The summed E-state index contributed by atoms with van der Waals surface area (Å²) >= 11 is 12.2. The van der Waals surface area contributed by atoms with Crippen LogP contribution >= 0.6 is 23.2 Å². The molecule has 0 aliphatic rings. The average Bonchev–Trinajstić information content (AvgIpc) is 2.83. The molecule has 2 aromatic rings. The van der Waals surface area contributed by atoms with Crippen molar-refractivity contribution in [1.29, 1.82) is 0 Å². The van der Waals surface area contributed by atoms with Gasteiger partial charge in [0.05, 0.1) is 28.6 Å². The fourth-order valence-corrected chi connectivity index (χ4v) is 2.26. The van der Waals surface area contributed by atoms with E-state index in [1.165, 1.54) is 0 Å². The lowest BCUT2D eigenvalue weighted by Crippen LogP contribution is -2.16. The smallest absolute Gasteiger partial charge is 0.0952 e.